The maximum Gasteiger partial charge on any atom is 0.0600 e. The second-order valence-electron chi connectivity index (χ2n) is 4.72. The lowest BCUT2D eigenvalue weighted by atomic mass is 9.95. The summed E-state index contributed by atoms with van der Waals surface area (Å²) in [6.07, 6.45) is 1.40. The van der Waals surface area contributed by atoms with Gasteiger partial charge in [0.05, 0.1) is 6.10 Å². The van der Waals surface area contributed by atoms with Crippen LogP contribution in [0.3, 0.4) is 0 Å². The van der Waals surface area contributed by atoms with Crippen molar-refractivity contribution in [2.75, 3.05) is 0 Å². The molecule has 1 nitrogen and oxygen atoms in total. The van der Waals surface area contributed by atoms with Crippen molar-refractivity contribution < 1.29 is 5.11 Å². The molecule has 0 aliphatic rings. The number of hydrogen-bond donors (Lipinski definition) is 1. The minimum absolute atomic E-state index is 0.243. The highest BCUT2D eigenvalue weighted by molar-refractivity contribution is 5.15. The number of rotatable bonds is 5. The van der Waals surface area contributed by atoms with Gasteiger partial charge < -0.3 is 5.11 Å². The zero-order chi connectivity index (χ0) is 11.3. The van der Waals surface area contributed by atoms with Gasteiger partial charge >= 0.3 is 0 Å². The third-order valence-electron chi connectivity index (χ3n) is 2.64. The molecule has 0 fully saturated rings. The number of hydrogen-bond acceptors (Lipinski definition) is 1. The molecule has 0 saturated carbocycles. The highest BCUT2D eigenvalue weighted by Crippen LogP contribution is 2.19. The zero-order valence-corrected chi connectivity index (χ0v) is 10.2. The molecule has 1 unspecified atom stereocenters. The summed E-state index contributed by atoms with van der Waals surface area (Å²) in [6, 6.07) is 0. The van der Waals surface area contributed by atoms with E-state index in [0.717, 1.165) is 18.4 Å². The molecule has 0 amide bonds. The van der Waals surface area contributed by atoms with E-state index in [-0.39, 0.29) is 6.10 Å². The van der Waals surface area contributed by atoms with Crippen molar-refractivity contribution in [1.29, 1.82) is 0 Å². The van der Waals surface area contributed by atoms with E-state index in [1.54, 1.807) is 0 Å². The predicted molar refractivity (Wildman–Crippen MR) is 63.3 cm³/mol. The summed E-state index contributed by atoms with van der Waals surface area (Å²) >= 11 is 0. The minimum Gasteiger partial charge on any atom is -0.393 e. The van der Waals surface area contributed by atoms with Crippen LogP contribution < -0.4 is 0 Å². The molecule has 82 valence electrons. The van der Waals surface area contributed by atoms with E-state index >= 15 is 0 Å². The molecule has 0 aliphatic carbocycles. The highest BCUT2D eigenvalue weighted by atomic mass is 16.3. The van der Waals surface area contributed by atoms with Crippen molar-refractivity contribution in [2.45, 2.75) is 53.6 Å². The van der Waals surface area contributed by atoms with Gasteiger partial charge in [-0.05, 0) is 39.5 Å². The normalized spacial score (nSPS) is 12.8. The molecule has 0 bridgehead atoms. The number of aliphatic hydroxyl groups is 1. The first-order valence-electron chi connectivity index (χ1n) is 5.32. The lowest BCUT2D eigenvalue weighted by Crippen LogP contribution is -2.15. The minimum atomic E-state index is -0.243. The predicted octanol–water partition coefficient (Wildman–Crippen LogP) is 3.70. The Morgan fingerprint density at radius 2 is 1.71 bits per heavy atom. The molecule has 0 rings (SSSR count). The molecule has 0 aliphatic heterocycles. The molecule has 0 radical (unpaired) electrons. The summed E-state index contributed by atoms with van der Waals surface area (Å²) in [5, 5.41) is 9.67. The SMILES string of the molecule is C=C(CC(C)=C(C)C)CC(O)C(C)C. The summed E-state index contributed by atoms with van der Waals surface area (Å²) in [6.45, 7) is 14.4. The first-order chi connectivity index (χ1) is 6.34. The Kier molecular flexibility index (Phi) is 5.78. The van der Waals surface area contributed by atoms with Crippen molar-refractivity contribution in [2.24, 2.45) is 5.92 Å². The van der Waals surface area contributed by atoms with Crippen molar-refractivity contribution in [3.63, 3.8) is 0 Å². The molecule has 0 aromatic rings. The van der Waals surface area contributed by atoms with E-state index in [4.69, 9.17) is 0 Å². The third-order valence-corrected chi connectivity index (χ3v) is 2.64. The molecule has 14 heavy (non-hydrogen) atoms. The quantitative estimate of drug-likeness (QED) is 0.665. The molecular formula is C13H24O. The van der Waals surface area contributed by atoms with E-state index in [1.807, 2.05) is 13.8 Å². The average molecular weight is 196 g/mol. The van der Waals surface area contributed by atoms with Gasteiger partial charge in [0.1, 0.15) is 0 Å². The first kappa shape index (κ1) is 13.4. The van der Waals surface area contributed by atoms with Crippen molar-refractivity contribution >= 4 is 0 Å². The van der Waals surface area contributed by atoms with Crippen LogP contribution >= 0.6 is 0 Å². The fourth-order valence-electron chi connectivity index (χ4n) is 1.16. The smallest absolute Gasteiger partial charge is 0.0600 e. The summed E-state index contributed by atoms with van der Waals surface area (Å²) in [5.74, 6) is 0.318. The second-order valence-corrected chi connectivity index (χ2v) is 4.72. The molecule has 0 spiro atoms. The Bertz CT molecular complexity index is 219. The summed E-state index contributed by atoms with van der Waals surface area (Å²) in [7, 11) is 0. The largest absolute Gasteiger partial charge is 0.393 e. The molecule has 0 aromatic heterocycles. The van der Waals surface area contributed by atoms with Gasteiger partial charge in [-0.2, -0.15) is 0 Å². The second kappa shape index (κ2) is 6.02. The van der Waals surface area contributed by atoms with Gasteiger partial charge in [0.15, 0.2) is 0 Å². The van der Waals surface area contributed by atoms with E-state index in [0.29, 0.717) is 5.92 Å². The van der Waals surface area contributed by atoms with E-state index in [2.05, 4.69) is 27.4 Å². The van der Waals surface area contributed by atoms with E-state index < -0.39 is 0 Å². The monoisotopic (exact) mass is 196 g/mol. The van der Waals surface area contributed by atoms with Crippen LogP contribution in [-0.4, -0.2) is 11.2 Å². The Hall–Kier alpha value is -0.560. The maximum absolute atomic E-state index is 9.67. The molecule has 1 heteroatoms. The maximum atomic E-state index is 9.67. The lowest BCUT2D eigenvalue weighted by Gasteiger charge is -2.16. The lowest BCUT2D eigenvalue weighted by molar-refractivity contribution is 0.125. The van der Waals surface area contributed by atoms with Gasteiger partial charge in [-0.3, -0.25) is 0 Å². The van der Waals surface area contributed by atoms with Gasteiger partial charge in [-0.1, -0.05) is 37.1 Å². The van der Waals surface area contributed by atoms with Crippen molar-refractivity contribution in [3.8, 4) is 0 Å². The van der Waals surface area contributed by atoms with Crippen LogP contribution in [0.5, 0.6) is 0 Å². The Morgan fingerprint density at radius 1 is 1.21 bits per heavy atom. The number of allylic oxidation sites excluding steroid dienone is 2. The molecule has 0 heterocycles. The van der Waals surface area contributed by atoms with Gasteiger partial charge in [-0.15, -0.1) is 0 Å². The van der Waals surface area contributed by atoms with Crippen LogP contribution in [0.25, 0.3) is 0 Å². The van der Waals surface area contributed by atoms with Crippen LogP contribution in [0.15, 0.2) is 23.3 Å². The van der Waals surface area contributed by atoms with E-state index in [9.17, 15) is 5.11 Å². The van der Waals surface area contributed by atoms with Crippen LogP contribution in [0, 0.1) is 5.92 Å². The van der Waals surface area contributed by atoms with Crippen LogP contribution in [-0.2, 0) is 0 Å². The van der Waals surface area contributed by atoms with Gasteiger partial charge in [0, 0.05) is 0 Å². The topological polar surface area (TPSA) is 20.2 Å². The molecule has 1 atom stereocenters. The van der Waals surface area contributed by atoms with Crippen molar-refractivity contribution in [1.82, 2.24) is 0 Å². The van der Waals surface area contributed by atoms with E-state index in [1.165, 1.54) is 11.1 Å². The highest BCUT2D eigenvalue weighted by Gasteiger charge is 2.10. The molecule has 0 saturated heterocycles. The molecule has 0 aromatic carbocycles. The average Bonchev–Trinajstić information content (AvgIpc) is 2.03. The van der Waals surface area contributed by atoms with Crippen molar-refractivity contribution in [3.05, 3.63) is 23.3 Å². The van der Waals surface area contributed by atoms with Crippen LogP contribution in [0.1, 0.15) is 47.5 Å². The Labute approximate surface area is 88.5 Å². The summed E-state index contributed by atoms with van der Waals surface area (Å²) in [4.78, 5) is 0. The van der Waals surface area contributed by atoms with Gasteiger partial charge in [-0.25, -0.2) is 0 Å². The molecular weight excluding hydrogens is 172 g/mol. The third kappa shape index (κ3) is 5.23. The number of aliphatic hydroxyl groups excluding tert-OH is 1. The molecule has 1 N–H and O–H groups in total. The van der Waals surface area contributed by atoms with Gasteiger partial charge in [0.25, 0.3) is 0 Å². The fraction of sp³-hybridized carbons (Fsp3) is 0.692. The Morgan fingerprint density at radius 3 is 2.07 bits per heavy atom. The van der Waals surface area contributed by atoms with Gasteiger partial charge in [0.2, 0.25) is 0 Å². The first-order valence-corrected chi connectivity index (χ1v) is 5.32. The van der Waals surface area contributed by atoms with Crippen LogP contribution in [0.4, 0.5) is 0 Å². The fourth-order valence-corrected chi connectivity index (χ4v) is 1.16. The standard InChI is InChI=1S/C13H24O/c1-9(2)12(6)7-11(5)8-13(14)10(3)4/h10,13-14H,5,7-8H2,1-4,6H3. The zero-order valence-electron chi connectivity index (χ0n) is 10.2. The summed E-state index contributed by atoms with van der Waals surface area (Å²) in [5.41, 5.74) is 3.85. The summed E-state index contributed by atoms with van der Waals surface area (Å²) < 4.78 is 0. The Balaban J connectivity index is 4.06. The van der Waals surface area contributed by atoms with Crippen LogP contribution in [0.2, 0.25) is 0 Å².